The molecule has 1 N–H and O–H groups in total. The van der Waals surface area contributed by atoms with Gasteiger partial charge in [0.25, 0.3) is 0 Å². The Balaban J connectivity index is 2.00. The Hall–Kier alpha value is -1.06. The molecule has 2 rings (SSSR count). The predicted octanol–water partition coefficient (Wildman–Crippen LogP) is 2.05. The summed E-state index contributed by atoms with van der Waals surface area (Å²) in [5.74, 6) is 0.962. The molecule has 1 aromatic carbocycles. The second-order valence-electron chi connectivity index (χ2n) is 4.46. The Morgan fingerprint density at radius 2 is 1.88 bits per heavy atom. The van der Waals surface area contributed by atoms with Crippen LogP contribution in [-0.4, -0.2) is 37.7 Å². The Morgan fingerprint density at radius 1 is 1.24 bits per heavy atom. The average molecular weight is 234 g/mol. The SMILES string of the molecule is CCOc1ccc([C@@H](C)N2CCNCC2)cc1. The molecule has 0 aliphatic carbocycles. The number of hydrogen-bond donors (Lipinski definition) is 1. The second-order valence-corrected chi connectivity index (χ2v) is 4.46. The summed E-state index contributed by atoms with van der Waals surface area (Å²) in [5.41, 5.74) is 1.37. The maximum absolute atomic E-state index is 5.46. The number of piperazine rings is 1. The molecule has 0 amide bonds. The summed E-state index contributed by atoms with van der Waals surface area (Å²) in [4.78, 5) is 2.52. The van der Waals surface area contributed by atoms with Crippen molar-refractivity contribution < 1.29 is 4.74 Å². The van der Waals surface area contributed by atoms with Crippen molar-refractivity contribution in [3.63, 3.8) is 0 Å². The largest absolute Gasteiger partial charge is 0.494 e. The molecule has 1 aromatic rings. The van der Waals surface area contributed by atoms with Crippen molar-refractivity contribution in [3.8, 4) is 5.75 Å². The zero-order valence-corrected chi connectivity index (χ0v) is 10.8. The summed E-state index contributed by atoms with van der Waals surface area (Å²) >= 11 is 0. The molecule has 1 saturated heterocycles. The Bertz CT molecular complexity index is 331. The first kappa shape index (κ1) is 12.4. The van der Waals surface area contributed by atoms with Gasteiger partial charge in [0.15, 0.2) is 0 Å². The van der Waals surface area contributed by atoms with Crippen molar-refractivity contribution in [3.05, 3.63) is 29.8 Å². The van der Waals surface area contributed by atoms with Gasteiger partial charge in [0.1, 0.15) is 5.75 Å². The molecule has 1 aliphatic rings. The first-order valence-corrected chi connectivity index (χ1v) is 6.49. The Kier molecular flexibility index (Phi) is 4.40. The van der Waals surface area contributed by atoms with E-state index < -0.39 is 0 Å². The number of ether oxygens (including phenoxy) is 1. The third-order valence-electron chi connectivity index (χ3n) is 3.37. The maximum atomic E-state index is 5.46. The summed E-state index contributed by atoms with van der Waals surface area (Å²) in [6.45, 7) is 9.48. The monoisotopic (exact) mass is 234 g/mol. The minimum absolute atomic E-state index is 0.493. The summed E-state index contributed by atoms with van der Waals surface area (Å²) < 4.78 is 5.46. The number of nitrogens with zero attached hydrogens (tertiary/aromatic N) is 1. The van der Waals surface area contributed by atoms with Crippen molar-refractivity contribution in [2.24, 2.45) is 0 Å². The van der Waals surface area contributed by atoms with E-state index >= 15 is 0 Å². The van der Waals surface area contributed by atoms with Gasteiger partial charge in [-0.05, 0) is 31.5 Å². The minimum atomic E-state index is 0.493. The molecule has 0 saturated carbocycles. The van der Waals surface area contributed by atoms with Crippen LogP contribution in [0.25, 0.3) is 0 Å². The number of hydrogen-bond acceptors (Lipinski definition) is 3. The van der Waals surface area contributed by atoms with Crippen LogP contribution in [0.1, 0.15) is 25.5 Å². The van der Waals surface area contributed by atoms with E-state index in [-0.39, 0.29) is 0 Å². The summed E-state index contributed by atoms with van der Waals surface area (Å²) in [6.07, 6.45) is 0. The van der Waals surface area contributed by atoms with E-state index in [0.717, 1.165) is 38.5 Å². The molecule has 0 radical (unpaired) electrons. The van der Waals surface area contributed by atoms with Gasteiger partial charge in [-0.15, -0.1) is 0 Å². The Morgan fingerprint density at radius 3 is 2.47 bits per heavy atom. The van der Waals surface area contributed by atoms with E-state index in [2.05, 4.69) is 41.4 Å². The molecule has 17 heavy (non-hydrogen) atoms. The lowest BCUT2D eigenvalue weighted by Gasteiger charge is -2.33. The standard InChI is InChI=1S/C14H22N2O/c1-3-17-14-6-4-13(5-7-14)12(2)16-10-8-15-9-11-16/h4-7,12,15H,3,8-11H2,1-2H3/t12-/m1/s1. The number of rotatable bonds is 4. The third-order valence-corrected chi connectivity index (χ3v) is 3.37. The van der Waals surface area contributed by atoms with Crippen LogP contribution in [0.2, 0.25) is 0 Å². The fourth-order valence-corrected chi connectivity index (χ4v) is 2.29. The zero-order chi connectivity index (χ0) is 12.1. The van der Waals surface area contributed by atoms with E-state index in [1.54, 1.807) is 0 Å². The highest BCUT2D eigenvalue weighted by Crippen LogP contribution is 2.22. The van der Waals surface area contributed by atoms with Crippen LogP contribution in [0.5, 0.6) is 5.75 Å². The van der Waals surface area contributed by atoms with Gasteiger partial charge in [-0.25, -0.2) is 0 Å². The van der Waals surface area contributed by atoms with Crippen LogP contribution < -0.4 is 10.1 Å². The molecule has 0 aromatic heterocycles. The van der Waals surface area contributed by atoms with Crippen molar-refractivity contribution in [1.82, 2.24) is 10.2 Å². The average Bonchev–Trinajstić information content (AvgIpc) is 2.40. The van der Waals surface area contributed by atoms with Crippen LogP contribution in [0.15, 0.2) is 24.3 Å². The van der Waals surface area contributed by atoms with Crippen molar-refractivity contribution in [1.29, 1.82) is 0 Å². The molecular weight excluding hydrogens is 212 g/mol. The van der Waals surface area contributed by atoms with Crippen LogP contribution in [0.4, 0.5) is 0 Å². The van der Waals surface area contributed by atoms with Gasteiger partial charge in [0.2, 0.25) is 0 Å². The summed E-state index contributed by atoms with van der Waals surface area (Å²) in [7, 11) is 0. The highest BCUT2D eigenvalue weighted by molar-refractivity contribution is 5.29. The fourth-order valence-electron chi connectivity index (χ4n) is 2.29. The van der Waals surface area contributed by atoms with E-state index in [9.17, 15) is 0 Å². The fraction of sp³-hybridized carbons (Fsp3) is 0.571. The highest BCUT2D eigenvalue weighted by Gasteiger charge is 2.17. The van der Waals surface area contributed by atoms with E-state index in [1.807, 2.05) is 6.92 Å². The van der Waals surface area contributed by atoms with E-state index in [1.165, 1.54) is 5.56 Å². The molecule has 94 valence electrons. The van der Waals surface area contributed by atoms with Gasteiger partial charge >= 0.3 is 0 Å². The molecule has 1 fully saturated rings. The van der Waals surface area contributed by atoms with Crippen LogP contribution in [0, 0.1) is 0 Å². The summed E-state index contributed by atoms with van der Waals surface area (Å²) in [6, 6.07) is 8.98. The normalized spacial score (nSPS) is 18.9. The van der Waals surface area contributed by atoms with Gasteiger partial charge in [-0.1, -0.05) is 12.1 Å². The third kappa shape index (κ3) is 3.20. The molecule has 1 aliphatic heterocycles. The smallest absolute Gasteiger partial charge is 0.119 e. The number of nitrogens with one attached hydrogen (secondary N) is 1. The summed E-state index contributed by atoms with van der Waals surface area (Å²) in [5, 5.41) is 3.39. The highest BCUT2D eigenvalue weighted by atomic mass is 16.5. The Labute approximate surface area is 104 Å². The quantitative estimate of drug-likeness (QED) is 0.863. The second kappa shape index (κ2) is 6.03. The van der Waals surface area contributed by atoms with E-state index in [4.69, 9.17) is 4.74 Å². The van der Waals surface area contributed by atoms with Gasteiger partial charge in [0, 0.05) is 32.2 Å². The molecule has 1 heterocycles. The number of benzene rings is 1. The molecule has 3 heteroatoms. The minimum Gasteiger partial charge on any atom is -0.494 e. The van der Waals surface area contributed by atoms with Crippen LogP contribution in [-0.2, 0) is 0 Å². The topological polar surface area (TPSA) is 24.5 Å². The van der Waals surface area contributed by atoms with E-state index in [0.29, 0.717) is 6.04 Å². The van der Waals surface area contributed by atoms with Crippen LogP contribution in [0.3, 0.4) is 0 Å². The van der Waals surface area contributed by atoms with Crippen LogP contribution >= 0.6 is 0 Å². The van der Waals surface area contributed by atoms with Gasteiger partial charge in [0.05, 0.1) is 6.61 Å². The molecule has 0 spiro atoms. The lowest BCUT2D eigenvalue weighted by atomic mass is 10.1. The first-order valence-electron chi connectivity index (χ1n) is 6.49. The van der Waals surface area contributed by atoms with Gasteiger partial charge in [-0.3, -0.25) is 4.90 Å². The molecule has 1 atom stereocenters. The van der Waals surface area contributed by atoms with Crippen molar-refractivity contribution in [2.75, 3.05) is 32.8 Å². The van der Waals surface area contributed by atoms with Gasteiger partial charge < -0.3 is 10.1 Å². The van der Waals surface area contributed by atoms with Crippen molar-refractivity contribution >= 4 is 0 Å². The predicted molar refractivity (Wildman–Crippen MR) is 70.5 cm³/mol. The molecule has 3 nitrogen and oxygen atoms in total. The lowest BCUT2D eigenvalue weighted by Crippen LogP contribution is -2.44. The molecule has 0 unspecified atom stereocenters. The van der Waals surface area contributed by atoms with Crippen molar-refractivity contribution in [2.45, 2.75) is 19.9 Å². The molecule has 0 bridgehead atoms. The first-order chi connectivity index (χ1) is 8.31. The zero-order valence-electron chi connectivity index (χ0n) is 10.8. The maximum Gasteiger partial charge on any atom is 0.119 e. The molecular formula is C14H22N2O. The van der Waals surface area contributed by atoms with Gasteiger partial charge in [-0.2, -0.15) is 0 Å². The lowest BCUT2D eigenvalue weighted by molar-refractivity contribution is 0.185.